The molecule has 1 atom stereocenters. The second-order valence-corrected chi connectivity index (χ2v) is 5.01. The van der Waals surface area contributed by atoms with Crippen molar-refractivity contribution in [1.82, 2.24) is 10.6 Å². The Morgan fingerprint density at radius 2 is 2.27 bits per heavy atom. The van der Waals surface area contributed by atoms with Gasteiger partial charge in [-0.15, -0.1) is 0 Å². The second-order valence-electron chi connectivity index (χ2n) is 5.01. The van der Waals surface area contributed by atoms with Crippen LogP contribution in [-0.4, -0.2) is 42.0 Å². The monoisotopic (exact) mass is 216 g/mol. The largest absolute Gasteiger partial charge is 0.444 e. The number of carbonyl (C=O) groups excluding carboxylic acids is 1. The number of alkyl carbamates (subject to hydrolysis) is 1. The Morgan fingerprint density at radius 3 is 2.73 bits per heavy atom. The Labute approximate surface area is 90.2 Å². The fraction of sp³-hybridized carbons (Fsp3) is 0.900. The summed E-state index contributed by atoms with van der Waals surface area (Å²) in [6.07, 6.45) is 0.172. The summed E-state index contributed by atoms with van der Waals surface area (Å²) in [7, 11) is 0. The van der Waals surface area contributed by atoms with Crippen LogP contribution in [0, 0.1) is 0 Å². The highest BCUT2D eigenvalue weighted by molar-refractivity contribution is 5.67. The van der Waals surface area contributed by atoms with E-state index in [0.29, 0.717) is 13.0 Å². The van der Waals surface area contributed by atoms with Crippen LogP contribution in [0.25, 0.3) is 0 Å². The highest BCUT2D eigenvalue weighted by Crippen LogP contribution is 2.13. The normalized spacial score (nSPS) is 26.4. The molecule has 1 saturated heterocycles. The Hall–Kier alpha value is -0.810. The molecule has 0 aliphatic carbocycles. The number of ether oxygens (including phenoxy) is 1. The van der Waals surface area contributed by atoms with Crippen molar-refractivity contribution in [2.24, 2.45) is 0 Å². The molecule has 5 nitrogen and oxygen atoms in total. The zero-order valence-corrected chi connectivity index (χ0v) is 9.59. The first-order valence-electron chi connectivity index (χ1n) is 5.21. The fourth-order valence-corrected chi connectivity index (χ4v) is 1.43. The number of aliphatic hydroxyl groups is 1. The van der Waals surface area contributed by atoms with E-state index in [1.807, 2.05) is 0 Å². The van der Waals surface area contributed by atoms with Crippen molar-refractivity contribution in [3.63, 3.8) is 0 Å². The molecule has 1 rings (SSSR count). The van der Waals surface area contributed by atoms with Gasteiger partial charge < -0.3 is 20.5 Å². The maximum Gasteiger partial charge on any atom is 0.407 e. The molecule has 0 radical (unpaired) electrons. The number of hydrogen-bond acceptors (Lipinski definition) is 4. The Balaban J connectivity index is 2.28. The molecule has 15 heavy (non-hydrogen) atoms. The van der Waals surface area contributed by atoms with Crippen molar-refractivity contribution >= 4 is 6.09 Å². The summed E-state index contributed by atoms with van der Waals surface area (Å²) >= 11 is 0. The number of β-amino-alcohol motifs (C(OH)–C–C–N with tert-alkyl or cyclic N) is 1. The summed E-state index contributed by atoms with van der Waals surface area (Å²) < 4.78 is 5.06. The van der Waals surface area contributed by atoms with Crippen LogP contribution in [0.2, 0.25) is 0 Å². The summed E-state index contributed by atoms with van der Waals surface area (Å²) in [5.41, 5.74) is -1.32. The van der Waals surface area contributed by atoms with E-state index in [2.05, 4.69) is 10.6 Å². The molecule has 0 aromatic rings. The molecular formula is C10H20N2O3. The van der Waals surface area contributed by atoms with E-state index in [1.54, 1.807) is 20.8 Å². The van der Waals surface area contributed by atoms with Gasteiger partial charge in [-0.25, -0.2) is 4.79 Å². The van der Waals surface area contributed by atoms with E-state index in [4.69, 9.17) is 4.74 Å². The Morgan fingerprint density at radius 1 is 1.60 bits per heavy atom. The molecule has 1 fully saturated rings. The maximum atomic E-state index is 11.3. The highest BCUT2D eigenvalue weighted by Gasteiger charge is 2.31. The number of nitrogens with one attached hydrogen (secondary N) is 2. The minimum Gasteiger partial charge on any atom is -0.444 e. The van der Waals surface area contributed by atoms with Crippen molar-refractivity contribution in [1.29, 1.82) is 0 Å². The zero-order chi connectivity index (χ0) is 11.5. The molecule has 88 valence electrons. The minimum atomic E-state index is -0.823. The van der Waals surface area contributed by atoms with Gasteiger partial charge in [0.2, 0.25) is 0 Å². The number of amides is 1. The van der Waals surface area contributed by atoms with E-state index >= 15 is 0 Å². The molecule has 1 aliphatic rings. The van der Waals surface area contributed by atoms with Crippen LogP contribution in [0.4, 0.5) is 4.79 Å². The van der Waals surface area contributed by atoms with Gasteiger partial charge in [0.15, 0.2) is 0 Å². The van der Waals surface area contributed by atoms with Crippen LogP contribution in [0.3, 0.4) is 0 Å². The van der Waals surface area contributed by atoms with Crippen LogP contribution in [0.15, 0.2) is 0 Å². The molecule has 0 aromatic carbocycles. The SMILES string of the molecule is CC(C)(C)OC(=O)NC[C@@]1(O)CCNC1. The van der Waals surface area contributed by atoms with Gasteiger partial charge in [-0.1, -0.05) is 0 Å². The van der Waals surface area contributed by atoms with Crippen molar-refractivity contribution in [3.8, 4) is 0 Å². The molecular weight excluding hydrogens is 196 g/mol. The van der Waals surface area contributed by atoms with Gasteiger partial charge in [0.05, 0.1) is 12.1 Å². The molecule has 0 unspecified atom stereocenters. The van der Waals surface area contributed by atoms with E-state index in [-0.39, 0.29) is 6.54 Å². The number of rotatable bonds is 2. The Bertz CT molecular complexity index is 229. The van der Waals surface area contributed by atoms with Crippen LogP contribution in [0.5, 0.6) is 0 Å². The van der Waals surface area contributed by atoms with E-state index in [1.165, 1.54) is 0 Å². The lowest BCUT2D eigenvalue weighted by Gasteiger charge is -2.24. The lowest BCUT2D eigenvalue weighted by Crippen LogP contribution is -2.45. The third-order valence-electron chi connectivity index (χ3n) is 2.18. The maximum absolute atomic E-state index is 11.3. The van der Waals surface area contributed by atoms with Crippen LogP contribution < -0.4 is 10.6 Å². The van der Waals surface area contributed by atoms with Crippen molar-refractivity contribution in [3.05, 3.63) is 0 Å². The predicted octanol–water partition coefficient (Wildman–Crippen LogP) is 0.236. The zero-order valence-electron chi connectivity index (χ0n) is 9.59. The number of hydrogen-bond donors (Lipinski definition) is 3. The first-order chi connectivity index (χ1) is 6.81. The average molecular weight is 216 g/mol. The Kier molecular flexibility index (Phi) is 3.57. The predicted molar refractivity (Wildman–Crippen MR) is 56.7 cm³/mol. The molecule has 0 aromatic heterocycles. The van der Waals surface area contributed by atoms with Gasteiger partial charge in [-0.2, -0.15) is 0 Å². The first kappa shape index (κ1) is 12.3. The third-order valence-corrected chi connectivity index (χ3v) is 2.18. The lowest BCUT2D eigenvalue weighted by atomic mass is 10.0. The van der Waals surface area contributed by atoms with Crippen molar-refractivity contribution in [2.45, 2.75) is 38.4 Å². The molecule has 1 amide bonds. The topological polar surface area (TPSA) is 70.6 Å². The third kappa shape index (κ3) is 4.48. The minimum absolute atomic E-state index is 0.231. The molecule has 0 saturated carbocycles. The van der Waals surface area contributed by atoms with E-state index in [9.17, 15) is 9.90 Å². The quantitative estimate of drug-likeness (QED) is 0.618. The van der Waals surface area contributed by atoms with Gasteiger partial charge in [-0.3, -0.25) is 0 Å². The van der Waals surface area contributed by atoms with Crippen LogP contribution >= 0.6 is 0 Å². The molecule has 5 heteroatoms. The summed E-state index contributed by atoms with van der Waals surface area (Å²) in [6.45, 7) is 6.94. The van der Waals surface area contributed by atoms with E-state index in [0.717, 1.165) is 6.54 Å². The molecule has 1 heterocycles. The lowest BCUT2D eigenvalue weighted by molar-refractivity contribution is 0.0338. The summed E-state index contributed by atoms with van der Waals surface area (Å²) in [5.74, 6) is 0. The van der Waals surface area contributed by atoms with Gasteiger partial charge in [0.25, 0.3) is 0 Å². The standard InChI is InChI=1S/C10H20N2O3/c1-9(2,3)15-8(13)12-7-10(14)4-5-11-6-10/h11,14H,4-7H2,1-3H3,(H,12,13)/t10-/m1/s1. The van der Waals surface area contributed by atoms with Crippen molar-refractivity contribution < 1.29 is 14.6 Å². The second kappa shape index (κ2) is 4.37. The van der Waals surface area contributed by atoms with Crippen LogP contribution in [0.1, 0.15) is 27.2 Å². The average Bonchev–Trinajstić information content (AvgIpc) is 2.47. The summed E-state index contributed by atoms with van der Waals surface area (Å²) in [5, 5.41) is 15.5. The molecule has 0 bridgehead atoms. The molecule has 0 spiro atoms. The molecule has 3 N–H and O–H groups in total. The van der Waals surface area contributed by atoms with Gasteiger partial charge >= 0.3 is 6.09 Å². The first-order valence-corrected chi connectivity index (χ1v) is 5.21. The number of carbonyl (C=O) groups is 1. The van der Waals surface area contributed by atoms with Gasteiger partial charge in [0, 0.05) is 6.54 Å². The van der Waals surface area contributed by atoms with Crippen molar-refractivity contribution in [2.75, 3.05) is 19.6 Å². The smallest absolute Gasteiger partial charge is 0.407 e. The summed E-state index contributed by atoms with van der Waals surface area (Å²) in [4.78, 5) is 11.3. The van der Waals surface area contributed by atoms with Gasteiger partial charge in [0.1, 0.15) is 5.60 Å². The summed E-state index contributed by atoms with van der Waals surface area (Å²) in [6, 6.07) is 0. The molecule has 1 aliphatic heterocycles. The van der Waals surface area contributed by atoms with Gasteiger partial charge in [-0.05, 0) is 33.7 Å². The van der Waals surface area contributed by atoms with Crippen LogP contribution in [-0.2, 0) is 4.74 Å². The highest BCUT2D eigenvalue weighted by atomic mass is 16.6. The fourth-order valence-electron chi connectivity index (χ4n) is 1.43. The van der Waals surface area contributed by atoms with E-state index < -0.39 is 17.3 Å².